The lowest BCUT2D eigenvalue weighted by Gasteiger charge is -2.36. The minimum absolute atomic E-state index is 0.413. The molecule has 1 saturated heterocycles. The van der Waals surface area contributed by atoms with Crippen molar-refractivity contribution in [1.82, 2.24) is 4.90 Å². The zero-order valence-corrected chi connectivity index (χ0v) is 11.9. The van der Waals surface area contributed by atoms with E-state index in [-0.39, 0.29) is 0 Å². The van der Waals surface area contributed by atoms with Gasteiger partial charge in [0.05, 0.1) is 17.4 Å². The molecule has 2 N–H and O–H groups in total. The van der Waals surface area contributed by atoms with Gasteiger partial charge in [0.15, 0.2) is 0 Å². The minimum Gasteiger partial charge on any atom is -0.377 e. The van der Waals surface area contributed by atoms with E-state index in [1.165, 1.54) is 37.1 Å². The molecule has 4 atom stereocenters. The highest BCUT2D eigenvalue weighted by molar-refractivity contribution is 5.72. The van der Waals surface area contributed by atoms with Crippen LogP contribution in [0.25, 0.3) is 0 Å². The van der Waals surface area contributed by atoms with Gasteiger partial charge in [0, 0.05) is 12.6 Å². The summed E-state index contributed by atoms with van der Waals surface area (Å²) in [5.41, 5.74) is 2.50. The van der Waals surface area contributed by atoms with Gasteiger partial charge in [-0.3, -0.25) is 4.90 Å². The van der Waals surface area contributed by atoms with Crippen LogP contribution in [-0.2, 0) is 0 Å². The molecule has 2 heterocycles. The summed E-state index contributed by atoms with van der Waals surface area (Å²) in [5, 5.41) is 7.57. The van der Waals surface area contributed by atoms with E-state index in [9.17, 15) is 0 Å². The van der Waals surface area contributed by atoms with Gasteiger partial charge in [-0.05, 0) is 30.9 Å². The van der Waals surface area contributed by atoms with Crippen LogP contribution in [0.2, 0.25) is 0 Å². The summed E-state index contributed by atoms with van der Waals surface area (Å²) >= 11 is 0. The van der Waals surface area contributed by atoms with E-state index in [2.05, 4.69) is 52.5 Å². The van der Waals surface area contributed by atoms with Crippen LogP contribution in [0.1, 0.15) is 25.7 Å². The fourth-order valence-corrected chi connectivity index (χ4v) is 4.45. The van der Waals surface area contributed by atoms with Crippen molar-refractivity contribution in [2.75, 3.05) is 17.2 Å². The topological polar surface area (TPSA) is 27.3 Å². The van der Waals surface area contributed by atoms with Crippen LogP contribution in [0, 0.1) is 5.92 Å². The first-order valence-corrected chi connectivity index (χ1v) is 7.87. The van der Waals surface area contributed by atoms with Crippen LogP contribution in [0.3, 0.4) is 0 Å². The number of rotatable bonds is 2. The van der Waals surface area contributed by atoms with E-state index in [0.717, 1.165) is 12.5 Å². The number of hydrogen-bond acceptors (Lipinski definition) is 3. The average Bonchev–Trinajstić information content (AvgIpc) is 2.80. The molecule has 1 aromatic rings. The molecule has 3 aliphatic rings. The molecule has 2 fully saturated rings. The fraction of sp³-hybridized carbons (Fsp3) is 0.529. The molecule has 106 valence electrons. The third kappa shape index (κ3) is 1.76. The van der Waals surface area contributed by atoms with Gasteiger partial charge in [-0.2, -0.15) is 0 Å². The highest BCUT2D eigenvalue weighted by atomic mass is 15.4. The maximum Gasteiger partial charge on any atom is 0.101 e. The fourth-order valence-electron chi connectivity index (χ4n) is 4.45. The Kier molecular flexibility index (Phi) is 2.95. The smallest absolute Gasteiger partial charge is 0.101 e. The van der Waals surface area contributed by atoms with Crippen molar-refractivity contribution in [3.05, 3.63) is 36.9 Å². The Morgan fingerprint density at radius 2 is 1.90 bits per heavy atom. The highest BCUT2D eigenvalue weighted by Crippen LogP contribution is 2.44. The molecule has 1 aromatic carbocycles. The third-order valence-corrected chi connectivity index (χ3v) is 5.26. The Labute approximate surface area is 121 Å². The van der Waals surface area contributed by atoms with Crippen molar-refractivity contribution >= 4 is 11.4 Å². The number of hydrogen-bond donors (Lipinski definition) is 2. The number of likely N-dealkylation sites (tertiary alicyclic amines) is 1. The second-order valence-electron chi connectivity index (χ2n) is 6.31. The van der Waals surface area contributed by atoms with Crippen molar-refractivity contribution in [3.63, 3.8) is 0 Å². The van der Waals surface area contributed by atoms with Crippen LogP contribution in [0.5, 0.6) is 0 Å². The molecular weight excluding hydrogens is 246 g/mol. The lowest BCUT2D eigenvalue weighted by atomic mass is 9.82. The minimum atomic E-state index is 0.413. The molecule has 2 aliphatic heterocycles. The second-order valence-corrected chi connectivity index (χ2v) is 6.31. The van der Waals surface area contributed by atoms with Gasteiger partial charge in [-0.1, -0.05) is 31.1 Å². The summed E-state index contributed by atoms with van der Waals surface area (Å²) in [4.78, 5) is 2.63. The molecule has 20 heavy (non-hydrogen) atoms. The molecule has 1 saturated carbocycles. The molecule has 0 aromatic heterocycles. The predicted molar refractivity (Wildman–Crippen MR) is 83.9 cm³/mol. The van der Waals surface area contributed by atoms with Gasteiger partial charge in [0.1, 0.15) is 6.17 Å². The maximum absolute atomic E-state index is 3.95. The summed E-state index contributed by atoms with van der Waals surface area (Å²) in [5.74, 6) is 0.773. The van der Waals surface area contributed by atoms with Crippen LogP contribution in [-0.4, -0.2) is 29.7 Å². The van der Waals surface area contributed by atoms with Crippen LogP contribution in [0.4, 0.5) is 11.4 Å². The Bertz CT molecular complexity index is 513. The van der Waals surface area contributed by atoms with Gasteiger partial charge in [-0.15, -0.1) is 6.58 Å². The molecule has 3 nitrogen and oxygen atoms in total. The van der Waals surface area contributed by atoms with Gasteiger partial charge in [-0.25, -0.2) is 0 Å². The Morgan fingerprint density at radius 1 is 1.15 bits per heavy atom. The largest absolute Gasteiger partial charge is 0.377 e. The number of anilines is 2. The Balaban J connectivity index is 1.69. The molecule has 0 amide bonds. The lowest BCUT2D eigenvalue weighted by molar-refractivity contribution is 0.176. The van der Waals surface area contributed by atoms with Gasteiger partial charge < -0.3 is 10.6 Å². The van der Waals surface area contributed by atoms with Crippen LogP contribution in [0.15, 0.2) is 36.9 Å². The first-order valence-electron chi connectivity index (χ1n) is 7.87. The number of benzene rings is 1. The van der Waals surface area contributed by atoms with Gasteiger partial charge in [0.25, 0.3) is 0 Å². The van der Waals surface area contributed by atoms with E-state index in [0.29, 0.717) is 18.2 Å². The molecule has 4 rings (SSSR count). The number of para-hydroxylation sites is 2. The lowest BCUT2D eigenvalue weighted by Crippen LogP contribution is -2.48. The summed E-state index contributed by atoms with van der Waals surface area (Å²) in [7, 11) is 0. The third-order valence-electron chi connectivity index (χ3n) is 5.26. The molecule has 0 radical (unpaired) electrons. The van der Waals surface area contributed by atoms with Gasteiger partial charge in [0.2, 0.25) is 0 Å². The molecular formula is C17H23N3. The van der Waals surface area contributed by atoms with Crippen molar-refractivity contribution in [3.8, 4) is 0 Å². The average molecular weight is 269 g/mol. The van der Waals surface area contributed by atoms with Crippen molar-refractivity contribution in [2.45, 2.75) is 43.9 Å². The summed E-state index contributed by atoms with van der Waals surface area (Å²) in [6, 6.07) is 9.83. The summed E-state index contributed by atoms with van der Waals surface area (Å²) in [6.45, 7) is 4.94. The first kappa shape index (κ1) is 12.3. The van der Waals surface area contributed by atoms with E-state index < -0.39 is 0 Å². The molecule has 0 spiro atoms. The first-order chi connectivity index (χ1) is 9.88. The Morgan fingerprint density at radius 3 is 2.70 bits per heavy atom. The quantitative estimate of drug-likeness (QED) is 0.807. The normalized spacial score (nSPS) is 35.2. The van der Waals surface area contributed by atoms with E-state index in [4.69, 9.17) is 0 Å². The van der Waals surface area contributed by atoms with Crippen LogP contribution >= 0.6 is 0 Å². The van der Waals surface area contributed by atoms with Crippen molar-refractivity contribution in [1.29, 1.82) is 0 Å². The SMILES string of the molecule is C=CCN1C2CCCCC2C2Nc3ccccc3NC21. The van der Waals surface area contributed by atoms with Crippen molar-refractivity contribution < 1.29 is 0 Å². The molecule has 4 unspecified atom stereocenters. The number of fused-ring (bicyclic) bond motifs is 4. The zero-order chi connectivity index (χ0) is 13.5. The molecule has 1 aliphatic carbocycles. The molecule has 3 heteroatoms. The Hall–Kier alpha value is -1.48. The standard InChI is InChI=1S/C17H23N3/c1-2-11-20-15-10-6-3-7-12(15)16-17(20)19-14-9-5-4-8-13(14)18-16/h2,4-5,8-9,12,15-19H,1,3,6-7,10-11H2. The van der Waals surface area contributed by atoms with Crippen molar-refractivity contribution in [2.24, 2.45) is 5.92 Å². The molecule has 0 bridgehead atoms. The van der Waals surface area contributed by atoms with Gasteiger partial charge >= 0.3 is 0 Å². The van der Waals surface area contributed by atoms with Crippen LogP contribution < -0.4 is 10.6 Å². The highest BCUT2D eigenvalue weighted by Gasteiger charge is 2.50. The predicted octanol–water partition coefficient (Wildman–Crippen LogP) is 3.28. The summed E-state index contributed by atoms with van der Waals surface area (Å²) in [6.07, 6.45) is 7.92. The number of nitrogens with zero attached hydrogens (tertiary/aromatic N) is 1. The van der Waals surface area contributed by atoms with E-state index >= 15 is 0 Å². The summed E-state index contributed by atoms with van der Waals surface area (Å²) < 4.78 is 0. The number of nitrogens with one attached hydrogen (secondary N) is 2. The second kappa shape index (κ2) is 4.81. The zero-order valence-electron chi connectivity index (χ0n) is 11.9. The maximum atomic E-state index is 3.95. The van der Waals surface area contributed by atoms with E-state index in [1.54, 1.807) is 0 Å². The van der Waals surface area contributed by atoms with E-state index in [1.807, 2.05) is 0 Å². The monoisotopic (exact) mass is 269 g/mol.